The Balaban J connectivity index is 2.67. The van der Waals surface area contributed by atoms with Gasteiger partial charge in [0.1, 0.15) is 24.4 Å². The Labute approximate surface area is 452 Å². The molecular formula is C63H113NO10. The predicted octanol–water partition coefficient (Wildman–Crippen LogP) is 14.2. The summed E-state index contributed by atoms with van der Waals surface area (Å²) in [5.74, 6) is -1.22. The number of aliphatic hydroxyl groups excluding tert-OH is 5. The zero-order chi connectivity index (χ0) is 54.0. The summed E-state index contributed by atoms with van der Waals surface area (Å²) in [4.78, 5) is 26.5. The molecule has 1 aliphatic heterocycles. The zero-order valence-electron chi connectivity index (χ0n) is 47.5. The van der Waals surface area contributed by atoms with Gasteiger partial charge in [-0.15, -0.1) is 0 Å². The summed E-state index contributed by atoms with van der Waals surface area (Å²) in [7, 11) is 0. The molecule has 0 bridgehead atoms. The Hall–Kier alpha value is -2.64. The molecule has 8 unspecified atom stereocenters. The first-order valence-electron chi connectivity index (χ1n) is 30.6. The van der Waals surface area contributed by atoms with Crippen molar-refractivity contribution in [1.82, 2.24) is 5.32 Å². The van der Waals surface area contributed by atoms with Crippen molar-refractivity contribution < 1.29 is 49.3 Å². The Morgan fingerprint density at radius 3 is 1.43 bits per heavy atom. The van der Waals surface area contributed by atoms with Gasteiger partial charge in [0, 0.05) is 6.42 Å². The lowest BCUT2D eigenvalue weighted by Gasteiger charge is -2.41. The number of unbranched alkanes of at least 4 members (excludes halogenated alkanes) is 29. The second-order valence-corrected chi connectivity index (χ2v) is 21.1. The molecule has 0 aromatic carbocycles. The fourth-order valence-corrected chi connectivity index (χ4v) is 9.24. The first-order valence-corrected chi connectivity index (χ1v) is 30.6. The quantitative estimate of drug-likeness (QED) is 0.0195. The molecule has 1 saturated heterocycles. The Bertz CT molecular complexity index is 1430. The average Bonchev–Trinajstić information content (AvgIpc) is 3.40. The fourth-order valence-electron chi connectivity index (χ4n) is 9.24. The average molecular weight is 1040 g/mol. The molecular weight excluding hydrogens is 931 g/mol. The van der Waals surface area contributed by atoms with Crippen molar-refractivity contribution in [2.24, 2.45) is 0 Å². The van der Waals surface area contributed by atoms with E-state index in [1.54, 1.807) is 6.08 Å². The van der Waals surface area contributed by atoms with Gasteiger partial charge in [-0.1, -0.05) is 229 Å². The van der Waals surface area contributed by atoms with Crippen LogP contribution in [0.5, 0.6) is 0 Å². The van der Waals surface area contributed by atoms with E-state index in [1.807, 2.05) is 6.08 Å². The van der Waals surface area contributed by atoms with Crippen molar-refractivity contribution in [3.05, 3.63) is 60.8 Å². The molecule has 8 atom stereocenters. The highest BCUT2D eigenvalue weighted by molar-refractivity contribution is 5.80. The second-order valence-electron chi connectivity index (χ2n) is 21.1. The van der Waals surface area contributed by atoms with Crippen LogP contribution in [-0.4, -0.2) is 99.6 Å². The standard InChI is InChI=1S/C63H113NO10/c1-4-7-10-13-16-19-22-25-26-27-28-29-30-31-32-33-36-39-42-45-48-51-58(68)74-61-60(70)59(69)57(52-65)73-63(61)72-53-54(55(66)49-46-43-40-37-34-23-20-17-14-11-8-5-2)64-62(71)56(67)50-47-44-41-38-35-24-21-18-15-12-9-6-3/h16,19,25-26,28-29,35,38,46,49,54-57,59-61,63,65-67,69-70H,4-15,17-18,20-24,27,30-34,36-37,39-45,47-48,50-53H2,1-3H3,(H,64,71)/b19-16-,26-25-,29-28-,38-35-,49-46+. The smallest absolute Gasteiger partial charge is 0.306 e. The lowest BCUT2D eigenvalue weighted by molar-refractivity contribution is -0.305. The predicted molar refractivity (Wildman–Crippen MR) is 306 cm³/mol. The van der Waals surface area contributed by atoms with Crippen molar-refractivity contribution in [1.29, 1.82) is 0 Å². The van der Waals surface area contributed by atoms with Gasteiger partial charge in [-0.3, -0.25) is 9.59 Å². The number of esters is 1. The minimum absolute atomic E-state index is 0.112. The van der Waals surface area contributed by atoms with Gasteiger partial charge in [-0.25, -0.2) is 0 Å². The van der Waals surface area contributed by atoms with Crippen LogP contribution < -0.4 is 5.32 Å². The summed E-state index contributed by atoms with van der Waals surface area (Å²) >= 11 is 0. The molecule has 0 aromatic rings. The van der Waals surface area contributed by atoms with Crippen LogP contribution in [0.3, 0.4) is 0 Å². The minimum Gasteiger partial charge on any atom is -0.454 e. The highest BCUT2D eigenvalue weighted by Crippen LogP contribution is 2.26. The summed E-state index contributed by atoms with van der Waals surface area (Å²) < 4.78 is 17.6. The molecule has 0 saturated carbocycles. The molecule has 1 aliphatic rings. The zero-order valence-corrected chi connectivity index (χ0v) is 47.5. The van der Waals surface area contributed by atoms with E-state index in [0.29, 0.717) is 12.8 Å². The molecule has 11 heteroatoms. The Morgan fingerprint density at radius 1 is 0.527 bits per heavy atom. The third-order valence-corrected chi connectivity index (χ3v) is 14.1. The molecule has 430 valence electrons. The van der Waals surface area contributed by atoms with Gasteiger partial charge in [-0.05, 0) is 89.9 Å². The summed E-state index contributed by atoms with van der Waals surface area (Å²) in [6.45, 7) is 5.73. The number of carbonyl (C=O) groups excluding carboxylic acids is 2. The van der Waals surface area contributed by atoms with Gasteiger partial charge in [0.15, 0.2) is 12.4 Å². The van der Waals surface area contributed by atoms with Crippen LogP contribution in [0.25, 0.3) is 0 Å². The molecule has 1 rings (SSSR count). The van der Waals surface area contributed by atoms with E-state index in [9.17, 15) is 35.1 Å². The van der Waals surface area contributed by atoms with E-state index in [0.717, 1.165) is 83.5 Å². The number of carbonyl (C=O) groups is 2. The van der Waals surface area contributed by atoms with E-state index in [4.69, 9.17) is 14.2 Å². The lowest BCUT2D eigenvalue weighted by atomic mass is 9.99. The van der Waals surface area contributed by atoms with Gasteiger partial charge in [0.2, 0.25) is 5.91 Å². The Morgan fingerprint density at radius 2 is 0.932 bits per heavy atom. The number of aliphatic hydroxyl groups is 5. The maximum absolute atomic E-state index is 13.4. The first-order chi connectivity index (χ1) is 36.2. The topological polar surface area (TPSA) is 175 Å². The number of hydrogen-bond donors (Lipinski definition) is 6. The highest BCUT2D eigenvalue weighted by atomic mass is 16.7. The maximum atomic E-state index is 13.4. The summed E-state index contributed by atoms with van der Waals surface area (Å²) in [6, 6.07) is -1.03. The first kappa shape index (κ1) is 69.4. The van der Waals surface area contributed by atoms with Crippen LogP contribution in [-0.2, 0) is 23.8 Å². The number of rotatable bonds is 51. The number of amides is 1. The van der Waals surface area contributed by atoms with Crippen LogP contribution in [0.15, 0.2) is 60.8 Å². The van der Waals surface area contributed by atoms with E-state index in [-0.39, 0.29) is 19.4 Å². The molecule has 6 N–H and O–H groups in total. The molecule has 74 heavy (non-hydrogen) atoms. The van der Waals surface area contributed by atoms with Gasteiger partial charge >= 0.3 is 5.97 Å². The number of allylic oxidation sites excluding steroid dienone is 9. The second kappa shape index (κ2) is 51.1. The molecule has 1 fully saturated rings. The van der Waals surface area contributed by atoms with Gasteiger partial charge in [0.05, 0.1) is 25.4 Å². The molecule has 11 nitrogen and oxygen atoms in total. The molecule has 0 spiro atoms. The van der Waals surface area contributed by atoms with E-state index >= 15 is 0 Å². The molecule has 1 heterocycles. The van der Waals surface area contributed by atoms with Crippen molar-refractivity contribution in [3.63, 3.8) is 0 Å². The molecule has 0 radical (unpaired) electrons. The molecule has 1 amide bonds. The largest absolute Gasteiger partial charge is 0.454 e. The van der Waals surface area contributed by atoms with Crippen LogP contribution in [0.4, 0.5) is 0 Å². The van der Waals surface area contributed by atoms with Gasteiger partial charge in [-0.2, -0.15) is 0 Å². The summed E-state index contributed by atoms with van der Waals surface area (Å²) in [6.07, 6.45) is 52.6. The Kier molecular flexibility index (Phi) is 47.9. The number of ether oxygens (including phenoxy) is 3. The van der Waals surface area contributed by atoms with Gasteiger partial charge < -0.3 is 45.1 Å². The van der Waals surface area contributed by atoms with Gasteiger partial charge in [0.25, 0.3) is 0 Å². The minimum atomic E-state index is -1.62. The van der Waals surface area contributed by atoms with E-state index < -0.39 is 67.4 Å². The van der Waals surface area contributed by atoms with Crippen molar-refractivity contribution in [2.45, 2.75) is 314 Å². The van der Waals surface area contributed by atoms with Crippen molar-refractivity contribution in [3.8, 4) is 0 Å². The normalized spacial score (nSPS) is 19.7. The number of hydrogen-bond acceptors (Lipinski definition) is 10. The monoisotopic (exact) mass is 1040 g/mol. The van der Waals surface area contributed by atoms with E-state index in [1.165, 1.54) is 135 Å². The summed E-state index contributed by atoms with van der Waals surface area (Å²) in [5.41, 5.74) is 0. The molecule has 0 aliphatic carbocycles. The molecule has 0 aromatic heterocycles. The highest BCUT2D eigenvalue weighted by Gasteiger charge is 2.47. The van der Waals surface area contributed by atoms with Crippen LogP contribution in [0, 0.1) is 0 Å². The SMILES string of the molecule is CCCCC/C=C\C/C=C\C/C=C\CCCCCCCCCCC(=O)OC1C(OCC(NC(=O)C(O)CCCC/C=C\CCCCCCCC)C(O)/C=C/CCCCCCCCCCCC)OC(CO)C(O)C1O. The third kappa shape index (κ3) is 38.8. The van der Waals surface area contributed by atoms with Crippen LogP contribution in [0.1, 0.15) is 265 Å². The summed E-state index contributed by atoms with van der Waals surface area (Å²) in [5, 5.41) is 56.8. The van der Waals surface area contributed by atoms with E-state index in [2.05, 4.69) is 74.7 Å². The number of nitrogens with one attached hydrogen (secondary N) is 1. The maximum Gasteiger partial charge on any atom is 0.306 e. The van der Waals surface area contributed by atoms with Crippen LogP contribution in [0.2, 0.25) is 0 Å². The third-order valence-electron chi connectivity index (χ3n) is 14.1. The van der Waals surface area contributed by atoms with Crippen molar-refractivity contribution in [2.75, 3.05) is 13.2 Å². The fraction of sp³-hybridized carbons (Fsp3) is 0.810. The van der Waals surface area contributed by atoms with Crippen molar-refractivity contribution >= 4 is 11.9 Å². The van der Waals surface area contributed by atoms with Crippen LogP contribution >= 0.6 is 0 Å². The lowest BCUT2D eigenvalue weighted by Crippen LogP contribution is -2.61.